The smallest absolute Gasteiger partial charge is 0.341 e. The third-order valence-corrected chi connectivity index (χ3v) is 7.01. The largest absolute Gasteiger partial charge is 0.466 e. The molecular formula is C25H28N2O5S. The third-order valence-electron chi connectivity index (χ3n) is 5.83. The van der Waals surface area contributed by atoms with E-state index in [9.17, 15) is 14.4 Å². The van der Waals surface area contributed by atoms with Crippen molar-refractivity contribution >= 4 is 45.1 Å². The Labute approximate surface area is 196 Å². The molecule has 0 spiro atoms. The molecule has 1 aromatic carbocycles. The fourth-order valence-electron chi connectivity index (χ4n) is 4.38. The number of anilines is 1. The summed E-state index contributed by atoms with van der Waals surface area (Å²) in [7, 11) is 0. The van der Waals surface area contributed by atoms with Crippen LogP contribution in [0.1, 0.15) is 59.8 Å². The van der Waals surface area contributed by atoms with Crippen LogP contribution >= 0.6 is 11.3 Å². The molecule has 33 heavy (non-hydrogen) atoms. The number of rotatable bonds is 8. The number of amides is 1. The van der Waals surface area contributed by atoms with Gasteiger partial charge >= 0.3 is 11.9 Å². The van der Waals surface area contributed by atoms with E-state index in [1.54, 1.807) is 13.8 Å². The molecule has 1 unspecified atom stereocenters. The van der Waals surface area contributed by atoms with Gasteiger partial charge in [-0.15, -0.1) is 11.3 Å². The first-order valence-corrected chi connectivity index (χ1v) is 12.2. The minimum atomic E-state index is -0.516. The van der Waals surface area contributed by atoms with Crippen LogP contribution < -0.4 is 5.32 Å². The second-order valence-corrected chi connectivity index (χ2v) is 9.03. The lowest BCUT2D eigenvalue weighted by molar-refractivity contribution is -0.145. The van der Waals surface area contributed by atoms with Crippen LogP contribution in [0, 0.1) is 0 Å². The van der Waals surface area contributed by atoms with E-state index in [2.05, 4.69) is 5.32 Å². The maximum atomic E-state index is 12.9. The summed E-state index contributed by atoms with van der Waals surface area (Å²) in [6.45, 7) is 4.51. The minimum absolute atomic E-state index is 0.190. The number of nitrogens with one attached hydrogen (secondary N) is 1. The first-order chi connectivity index (χ1) is 16.0. The average Bonchev–Trinajstić information content (AvgIpc) is 3.38. The molecule has 0 radical (unpaired) electrons. The summed E-state index contributed by atoms with van der Waals surface area (Å²) in [6, 6.07) is 10.0. The van der Waals surface area contributed by atoms with Gasteiger partial charge in [0, 0.05) is 29.6 Å². The number of carbonyl (C=O) groups is 3. The molecule has 0 fully saturated rings. The summed E-state index contributed by atoms with van der Waals surface area (Å²) in [6.07, 6.45) is 4.42. The Balaban J connectivity index is 1.57. The molecule has 8 heteroatoms. The lowest BCUT2D eigenvalue weighted by atomic mass is 9.85. The van der Waals surface area contributed by atoms with Crippen LogP contribution in [0.25, 0.3) is 10.9 Å². The summed E-state index contributed by atoms with van der Waals surface area (Å²) < 4.78 is 12.6. The van der Waals surface area contributed by atoms with Crippen molar-refractivity contribution in [2.45, 2.75) is 52.0 Å². The summed E-state index contributed by atoms with van der Waals surface area (Å²) in [5.74, 6) is -1.55. The summed E-state index contributed by atoms with van der Waals surface area (Å²) in [5.41, 5.74) is 2.03. The predicted molar refractivity (Wildman–Crippen MR) is 128 cm³/mol. The lowest BCUT2D eigenvalue weighted by Gasteiger charge is -2.22. The maximum absolute atomic E-state index is 12.9. The minimum Gasteiger partial charge on any atom is -0.466 e. The number of aryl methyl sites for hydroxylation is 2. The molecule has 1 aliphatic carbocycles. The topological polar surface area (TPSA) is 86.6 Å². The predicted octanol–water partition coefficient (Wildman–Crippen LogP) is 4.89. The van der Waals surface area contributed by atoms with Gasteiger partial charge in [0.1, 0.15) is 5.00 Å². The van der Waals surface area contributed by atoms with Gasteiger partial charge in [-0.2, -0.15) is 0 Å². The molecule has 1 N–H and O–H groups in total. The molecular weight excluding hydrogens is 440 g/mol. The first kappa shape index (κ1) is 23.0. The van der Waals surface area contributed by atoms with Crippen LogP contribution in [0.4, 0.5) is 5.00 Å². The molecule has 0 bridgehead atoms. The zero-order valence-electron chi connectivity index (χ0n) is 18.9. The monoisotopic (exact) mass is 468 g/mol. The summed E-state index contributed by atoms with van der Waals surface area (Å²) >= 11 is 1.36. The fraction of sp³-hybridized carbons (Fsp3) is 0.400. The number of fused-ring (bicyclic) bond motifs is 2. The van der Waals surface area contributed by atoms with Crippen molar-refractivity contribution in [3.8, 4) is 0 Å². The van der Waals surface area contributed by atoms with E-state index >= 15 is 0 Å². The number of esters is 2. The van der Waals surface area contributed by atoms with Crippen LogP contribution in [0.2, 0.25) is 0 Å². The Hall–Kier alpha value is -3.13. The Morgan fingerprint density at radius 2 is 1.91 bits per heavy atom. The van der Waals surface area contributed by atoms with Crippen LogP contribution in [0.15, 0.2) is 36.5 Å². The zero-order valence-corrected chi connectivity index (χ0v) is 19.7. The zero-order chi connectivity index (χ0) is 23.4. The molecule has 1 aliphatic rings. The highest BCUT2D eigenvalue weighted by atomic mass is 32.1. The SMILES string of the molecule is CCOC(=O)c1c(NC(=O)CCn2ccc3ccccc32)sc2c1C(C(=O)OCC)CCC2. The van der Waals surface area contributed by atoms with E-state index in [1.807, 2.05) is 41.1 Å². The van der Waals surface area contributed by atoms with Crippen molar-refractivity contribution in [2.24, 2.45) is 0 Å². The van der Waals surface area contributed by atoms with Crippen molar-refractivity contribution in [1.29, 1.82) is 0 Å². The number of thiophene rings is 1. The van der Waals surface area contributed by atoms with Gasteiger partial charge < -0.3 is 19.4 Å². The molecule has 4 rings (SSSR count). The quantitative estimate of drug-likeness (QED) is 0.476. The summed E-state index contributed by atoms with van der Waals surface area (Å²) in [5, 5.41) is 4.50. The average molecular weight is 469 g/mol. The second-order valence-electron chi connectivity index (χ2n) is 7.93. The molecule has 174 valence electrons. The molecule has 7 nitrogen and oxygen atoms in total. The molecule has 2 heterocycles. The van der Waals surface area contributed by atoms with Gasteiger partial charge in [0.15, 0.2) is 0 Å². The molecule has 0 aliphatic heterocycles. The highest BCUT2D eigenvalue weighted by molar-refractivity contribution is 7.17. The fourth-order valence-corrected chi connectivity index (χ4v) is 5.68. The number of nitrogens with zero attached hydrogens (tertiary/aromatic N) is 1. The van der Waals surface area contributed by atoms with E-state index in [0.29, 0.717) is 29.1 Å². The van der Waals surface area contributed by atoms with E-state index in [1.165, 1.54) is 11.3 Å². The van der Waals surface area contributed by atoms with Gasteiger partial charge in [0.05, 0.1) is 24.7 Å². The number of ether oxygens (including phenoxy) is 2. The van der Waals surface area contributed by atoms with E-state index in [4.69, 9.17) is 9.47 Å². The molecule has 0 saturated heterocycles. The number of para-hydroxylation sites is 1. The standard InChI is InChI=1S/C25H28N2O5S/c1-3-31-24(29)17-9-7-11-19-21(17)22(25(30)32-4-2)23(33-19)26-20(28)13-15-27-14-12-16-8-5-6-10-18(16)27/h5-6,8,10,12,14,17H,3-4,7,9,11,13,15H2,1-2H3,(H,26,28). The molecule has 1 amide bonds. The van der Waals surface area contributed by atoms with Gasteiger partial charge in [0.25, 0.3) is 0 Å². The van der Waals surface area contributed by atoms with Crippen molar-refractivity contribution < 1.29 is 23.9 Å². The van der Waals surface area contributed by atoms with Gasteiger partial charge in [-0.3, -0.25) is 9.59 Å². The maximum Gasteiger partial charge on any atom is 0.341 e. The van der Waals surface area contributed by atoms with E-state index in [0.717, 1.165) is 28.6 Å². The Kier molecular flexibility index (Phi) is 7.13. The van der Waals surface area contributed by atoms with Gasteiger partial charge in [-0.1, -0.05) is 18.2 Å². The molecule has 0 saturated carbocycles. The van der Waals surface area contributed by atoms with Crippen molar-refractivity contribution in [1.82, 2.24) is 4.57 Å². The van der Waals surface area contributed by atoms with Crippen molar-refractivity contribution in [2.75, 3.05) is 18.5 Å². The van der Waals surface area contributed by atoms with Crippen molar-refractivity contribution in [3.63, 3.8) is 0 Å². The lowest BCUT2D eigenvalue weighted by Crippen LogP contribution is -2.23. The Bertz CT molecular complexity index is 1180. The van der Waals surface area contributed by atoms with Crippen LogP contribution in [0.3, 0.4) is 0 Å². The molecule has 2 aromatic heterocycles. The van der Waals surface area contributed by atoms with Crippen LogP contribution in [-0.2, 0) is 32.0 Å². The number of hydrogen-bond donors (Lipinski definition) is 1. The van der Waals surface area contributed by atoms with Gasteiger partial charge in [-0.05, 0) is 56.2 Å². The Morgan fingerprint density at radius 3 is 2.70 bits per heavy atom. The van der Waals surface area contributed by atoms with Crippen molar-refractivity contribution in [3.05, 3.63) is 52.5 Å². The first-order valence-electron chi connectivity index (χ1n) is 11.4. The molecule has 1 atom stereocenters. The number of carbonyl (C=O) groups excluding carboxylic acids is 3. The second kappa shape index (κ2) is 10.2. The highest BCUT2D eigenvalue weighted by Gasteiger charge is 2.36. The van der Waals surface area contributed by atoms with Gasteiger partial charge in [-0.25, -0.2) is 4.79 Å². The third kappa shape index (κ3) is 4.80. The Morgan fingerprint density at radius 1 is 1.12 bits per heavy atom. The van der Waals surface area contributed by atoms with Crippen LogP contribution in [-0.4, -0.2) is 35.6 Å². The van der Waals surface area contributed by atoms with Gasteiger partial charge in [0.2, 0.25) is 5.91 Å². The molecule has 3 aromatic rings. The normalized spacial score (nSPS) is 15.2. The van der Waals surface area contributed by atoms with E-state index < -0.39 is 11.9 Å². The number of hydrogen-bond acceptors (Lipinski definition) is 6. The van der Waals surface area contributed by atoms with Crippen LogP contribution in [0.5, 0.6) is 0 Å². The highest BCUT2D eigenvalue weighted by Crippen LogP contribution is 2.44. The van der Waals surface area contributed by atoms with E-state index in [-0.39, 0.29) is 31.5 Å². The summed E-state index contributed by atoms with van der Waals surface area (Å²) in [4.78, 5) is 39.3. The number of benzene rings is 1. The number of aromatic nitrogens is 1.